The number of ketones is 1. The Labute approximate surface area is 198 Å². The zero-order valence-electron chi connectivity index (χ0n) is 19.8. The monoisotopic (exact) mass is 464 g/mol. The molecule has 3 heterocycles. The lowest BCUT2D eigenvalue weighted by molar-refractivity contribution is -0.130. The third-order valence-electron chi connectivity index (χ3n) is 6.43. The smallest absolute Gasteiger partial charge is 0.259 e. The second-order valence-corrected chi connectivity index (χ2v) is 9.13. The number of rotatable bonds is 11. The van der Waals surface area contributed by atoms with E-state index in [-0.39, 0.29) is 29.2 Å². The van der Waals surface area contributed by atoms with Gasteiger partial charge in [0, 0.05) is 31.4 Å². The number of hydrogen-bond acceptors (Lipinski definition) is 6. The van der Waals surface area contributed by atoms with E-state index in [1.807, 2.05) is 38.2 Å². The van der Waals surface area contributed by atoms with Crippen LogP contribution in [0, 0.1) is 5.92 Å². The lowest BCUT2D eigenvalue weighted by atomic mass is 9.99. The van der Waals surface area contributed by atoms with Gasteiger partial charge in [0.25, 0.3) is 5.56 Å². The number of likely N-dealkylation sites (tertiary alicyclic amines) is 1. The average molecular weight is 465 g/mol. The first-order chi connectivity index (χ1) is 16.4. The molecule has 1 fully saturated rings. The lowest BCUT2D eigenvalue weighted by Crippen LogP contribution is -2.52. The molecule has 1 aromatic carbocycles. The molecule has 1 amide bonds. The van der Waals surface area contributed by atoms with Crippen molar-refractivity contribution in [2.75, 3.05) is 20.1 Å². The number of amides is 1. The number of unbranched alkanes of at least 4 members (excludes halogenated alkanes) is 2. The highest BCUT2D eigenvalue weighted by molar-refractivity contribution is 5.82. The van der Waals surface area contributed by atoms with Gasteiger partial charge >= 0.3 is 0 Å². The number of carbonyl (C=O) groups excluding carboxylic acids is 2. The van der Waals surface area contributed by atoms with E-state index in [0.29, 0.717) is 36.5 Å². The Bertz CT molecular complexity index is 1210. The van der Waals surface area contributed by atoms with E-state index >= 15 is 0 Å². The summed E-state index contributed by atoms with van der Waals surface area (Å²) in [5, 5.41) is 4.00. The highest BCUT2D eigenvalue weighted by Gasteiger charge is 2.32. The third kappa shape index (κ3) is 5.62. The minimum absolute atomic E-state index is 0.00689. The van der Waals surface area contributed by atoms with Crippen LogP contribution in [0.15, 0.2) is 45.7 Å². The number of fused-ring (bicyclic) bond motifs is 1. The van der Waals surface area contributed by atoms with Gasteiger partial charge in [-0.3, -0.25) is 14.4 Å². The van der Waals surface area contributed by atoms with Crippen molar-refractivity contribution in [1.82, 2.24) is 20.2 Å². The number of oxazole rings is 1. The molecule has 180 valence electrons. The molecule has 0 unspecified atom stereocenters. The highest BCUT2D eigenvalue weighted by atomic mass is 16.4. The van der Waals surface area contributed by atoms with Crippen molar-refractivity contribution in [3.05, 3.63) is 52.8 Å². The maximum atomic E-state index is 12.7. The van der Waals surface area contributed by atoms with Crippen LogP contribution in [-0.4, -0.2) is 46.7 Å². The number of Topliss-reactive ketones (excluding diaryl/α,β-unsaturated/α-hetero) is 1. The SMILES string of the molecule is CCC(=O)CCCCC[C@H](NC(=O)C1CN(C)C1)c1ncc(-c2cc3ccccc3[nH]c2=O)o1. The van der Waals surface area contributed by atoms with Gasteiger partial charge in [0.15, 0.2) is 5.76 Å². The molecule has 34 heavy (non-hydrogen) atoms. The number of nitrogens with one attached hydrogen (secondary N) is 2. The standard InChI is InChI=1S/C26H32N4O4/c1-3-19(31)10-5-4-6-12-22(29-24(32)18-15-30(2)16-18)26-27-14-23(34-26)20-13-17-9-7-8-11-21(17)28-25(20)33/h7-9,11,13-14,18,22H,3-6,10,12,15-16H2,1-2H3,(H,28,33)(H,29,32)/t22-/m0/s1. The first-order valence-electron chi connectivity index (χ1n) is 12.0. The largest absolute Gasteiger partial charge is 0.438 e. The molecule has 4 rings (SSSR count). The number of aromatic amines is 1. The van der Waals surface area contributed by atoms with Gasteiger partial charge in [0.05, 0.1) is 17.7 Å². The molecule has 8 heteroatoms. The van der Waals surface area contributed by atoms with Gasteiger partial charge in [-0.25, -0.2) is 4.98 Å². The van der Waals surface area contributed by atoms with E-state index in [4.69, 9.17) is 4.42 Å². The van der Waals surface area contributed by atoms with Gasteiger partial charge < -0.3 is 19.6 Å². The molecule has 2 N–H and O–H groups in total. The normalized spacial score (nSPS) is 15.2. The van der Waals surface area contributed by atoms with Gasteiger partial charge in [-0.2, -0.15) is 0 Å². The second-order valence-electron chi connectivity index (χ2n) is 9.13. The highest BCUT2D eigenvalue weighted by Crippen LogP contribution is 2.26. The van der Waals surface area contributed by atoms with Crippen LogP contribution in [0.1, 0.15) is 57.4 Å². The molecule has 2 aromatic heterocycles. The quantitative estimate of drug-likeness (QED) is 0.418. The van der Waals surface area contributed by atoms with Crippen molar-refractivity contribution in [2.45, 2.75) is 51.5 Å². The topological polar surface area (TPSA) is 108 Å². The molecule has 8 nitrogen and oxygen atoms in total. The van der Waals surface area contributed by atoms with Crippen molar-refractivity contribution >= 4 is 22.6 Å². The average Bonchev–Trinajstić information content (AvgIpc) is 3.30. The summed E-state index contributed by atoms with van der Waals surface area (Å²) in [4.78, 5) is 46.3. The predicted octanol–water partition coefficient (Wildman–Crippen LogP) is 3.83. The van der Waals surface area contributed by atoms with E-state index in [1.54, 1.807) is 12.3 Å². The maximum Gasteiger partial charge on any atom is 0.259 e. The van der Waals surface area contributed by atoms with Crippen molar-refractivity contribution in [3.63, 3.8) is 0 Å². The fourth-order valence-corrected chi connectivity index (χ4v) is 4.34. The van der Waals surface area contributed by atoms with Crippen LogP contribution in [0.25, 0.3) is 22.2 Å². The van der Waals surface area contributed by atoms with E-state index in [9.17, 15) is 14.4 Å². The van der Waals surface area contributed by atoms with Crippen molar-refractivity contribution < 1.29 is 14.0 Å². The first kappa shape index (κ1) is 23.9. The first-order valence-corrected chi connectivity index (χ1v) is 12.0. The zero-order chi connectivity index (χ0) is 24.1. The zero-order valence-corrected chi connectivity index (χ0v) is 19.8. The third-order valence-corrected chi connectivity index (χ3v) is 6.43. The van der Waals surface area contributed by atoms with E-state index in [0.717, 1.165) is 43.3 Å². The Morgan fingerprint density at radius 2 is 2.03 bits per heavy atom. The molecule has 3 aromatic rings. The number of benzene rings is 1. The molecule has 0 spiro atoms. The van der Waals surface area contributed by atoms with Gasteiger partial charge in [0.2, 0.25) is 11.8 Å². The molecular weight excluding hydrogens is 432 g/mol. The van der Waals surface area contributed by atoms with Crippen LogP contribution in [-0.2, 0) is 9.59 Å². The van der Waals surface area contributed by atoms with Gasteiger partial charge in [-0.05, 0) is 37.4 Å². The molecule has 0 radical (unpaired) electrons. The van der Waals surface area contributed by atoms with Gasteiger partial charge in [-0.15, -0.1) is 0 Å². The Balaban J connectivity index is 1.49. The van der Waals surface area contributed by atoms with Crippen molar-refractivity contribution in [2.24, 2.45) is 5.92 Å². The van der Waals surface area contributed by atoms with Crippen LogP contribution < -0.4 is 10.9 Å². The van der Waals surface area contributed by atoms with Crippen molar-refractivity contribution in [1.29, 1.82) is 0 Å². The van der Waals surface area contributed by atoms with Crippen LogP contribution in [0.4, 0.5) is 0 Å². The number of nitrogens with zero attached hydrogens (tertiary/aromatic N) is 2. The van der Waals surface area contributed by atoms with Crippen LogP contribution >= 0.6 is 0 Å². The van der Waals surface area contributed by atoms with E-state index in [1.165, 1.54) is 0 Å². The lowest BCUT2D eigenvalue weighted by Gasteiger charge is -2.35. The summed E-state index contributed by atoms with van der Waals surface area (Å²) in [5.41, 5.74) is 0.912. The van der Waals surface area contributed by atoms with E-state index < -0.39 is 0 Å². The second kappa shape index (κ2) is 10.8. The molecule has 1 atom stereocenters. The molecule has 0 bridgehead atoms. The molecule has 0 aliphatic carbocycles. The van der Waals surface area contributed by atoms with Crippen LogP contribution in [0.3, 0.4) is 0 Å². The molecule has 1 saturated heterocycles. The summed E-state index contributed by atoms with van der Waals surface area (Å²) < 4.78 is 6.02. The number of hydrogen-bond donors (Lipinski definition) is 2. The minimum atomic E-state index is -0.381. The van der Waals surface area contributed by atoms with Crippen molar-refractivity contribution in [3.8, 4) is 11.3 Å². The maximum absolute atomic E-state index is 12.7. The summed E-state index contributed by atoms with van der Waals surface area (Å²) in [6.07, 6.45) is 5.93. The Morgan fingerprint density at radius 1 is 1.24 bits per heavy atom. The summed E-state index contributed by atoms with van der Waals surface area (Å²) >= 11 is 0. The summed E-state index contributed by atoms with van der Waals surface area (Å²) in [6, 6.07) is 8.97. The number of pyridine rings is 1. The van der Waals surface area contributed by atoms with Gasteiger partial charge in [-0.1, -0.05) is 38.0 Å². The van der Waals surface area contributed by atoms with E-state index in [2.05, 4.69) is 20.2 Å². The number of aromatic nitrogens is 2. The Kier molecular flexibility index (Phi) is 7.57. The fraction of sp³-hybridized carbons (Fsp3) is 0.462. The minimum Gasteiger partial charge on any atom is -0.438 e. The summed E-state index contributed by atoms with van der Waals surface area (Å²) in [5.74, 6) is 1.00. The fourth-order valence-electron chi connectivity index (χ4n) is 4.34. The summed E-state index contributed by atoms with van der Waals surface area (Å²) in [7, 11) is 1.99. The molecular formula is C26H32N4O4. The Morgan fingerprint density at radius 3 is 2.79 bits per heavy atom. The molecule has 1 aliphatic heterocycles. The van der Waals surface area contributed by atoms with Gasteiger partial charge in [0.1, 0.15) is 11.8 Å². The van der Waals surface area contributed by atoms with Crippen LogP contribution in [0.5, 0.6) is 0 Å². The Hall–Kier alpha value is -3.26. The number of carbonyl (C=O) groups is 2. The molecule has 1 aliphatic rings. The predicted molar refractivity (Wildman–Crippen MR) is 130 cm³/mol. The molecule has 0 saturated carbocycles. The number of H-pyrrole nitrogens is 1. The number of para-hydroxylation sites is 1. The van der Waals surface area contributed by atoms with Crippen LogP contribution in [0.2, 0.25) is 0 Å². The summed E-state index contributed by atoms with van der Waals surface area (Å²) in [6.45, 7) is 3.36.